The van der Waals surface area contributed by atoms with Gasteiger partial charge in [0, 0.05) is 39.7 Å². The summed E-state index contributed by atoms with van der Waals surface area (Å²) in [6.07, 6.45) is 4.04. The molecule has 4 rings (SSSR count). The van der Waals surface area contributed by atoms with E-state index in [1.54, 1.807) is 23.1 Å². The average molecular weight is 443 g/mol. The number of para-hydroxylation sites is 2. The summed E-state index contributed by atoms with van der Waals surface area (Å²) < 4.78 is 0. The average Bonchev–Trinajstić information content (AvgIpc) is 2.87. The van der Waals surface area contributed by atoms with Crippen molar-refractivity contribution in [3.8, 4) is 0 Å². The van der Waals surface area contributed by atoms with Crippen molar-refractivity contribution in [1.29, 1.82) is 0 Å². The number of carbonyl (C=O) groups is 2. The quantitative estimate of drug-likeness (QED) is 0.573. The Morgan fingerprint density at radius 1 is 1.10 bits per heavy atom. The highest BCUT2D eigenvalue weighted by molar-refractivity contribution is 6.36. The minimum absolute atomic E-state index is 0.0332. The lowest BCUT2D eigenvalue weighted by molar-refractivity contribution is -0.119. The molecule has 0 bridgehead atoms. The van der Waals surface area contributed by atoms with Gasteiger partial charge in [-0.25, -0.2) is 0 Å². The third-order valence-corrected chi connectivity index (χ3v) is 6.38. The van der Waals surface area contributed by atoms with Gasteiger partial charge in [-0.15, -0.1) is 0 Å². The van der Waals surface area contributed by atoms with E-state index in [2.05, 4.69) is 12.2 Å². The lowest BCUT2D eigenvalue weighted by atomic mass is 9.85. The predicted molar refractivity (Wildman–Crippen MR) is 122 cm³/mol. The second-order valence-electron chi connectivity index (χ2n) is 7.72. The lowest BCUT2D eigenvalue weighted by Gasteiger charge is -2.35. The molecule has 1 heterocycles. The van der Waals surface area contributed by atoms with Gasteiger partial charge < -0.3 is 5.32 Å². The number of allylic oxidation sites excluding steroid dienone is 1. The summed E-state index contributed by atoms with van der Waals surface area (Å²) in [5.41, 5.74) is 3.60. The first-order valence-electron chi connectivity index (χ1n) is 10.4. The Morgan fingerprint density at radius 2 is 1.83 bits per heavy atom. The largest absolute Gasteiger partial charge is 0.357 e. The summed E-state index contributed by atoms with van der Waals surface area (Å²) in [7, 11) is 0. The molecular formula is C24H24Cl2N2O2. The molecule has 1 amide bonds. The summed E-state index contributed by atoms with van der Waals surface area (Å²) >= 11 is 13.2. The highest BCUT2D eigenvalue weighted by Crippen LogP contribution is 2.48. The van der Waals surface area contributed by atoms with E-state index >= 15 is 0 Å². The molecule has 0 aromatic heterocycles. The number of nitrogens with zero attached hydrogens (tertiary/aromatic N) is 1. The van der Waals surface area contributed by atoms with Gasteiger partial charge in [0.15, 0.2) is 5.78 Å². The number of fused-ring (bicyclic) bond motifs is 1. The minimum Gasteiger partial charge on any atom is -0.357 e. The van der Waals surface area contributed by atoms with Gasteiger partial charge in [-0.1, -0.05) is 54.7 Å². The molecule has 6 heteroatoms. The molecular weight excluding hydrogens is 419 g/mol. The van der Waals surface area contributed by atoms with Gasteiger partial charge in [-0.2, -0.15) is 0 Å². The molecule has 1 unspecified atom stereocenters. The van der Waals surface area contributed by atoms with Gasteiger partial charge in [-0.05, 0) is 43.5 Å². The van der Waals surface area contributed by atoms with E-state index in [0.717, 1.165) is 42.8 Å². The number of rotatable bonds is 4. The topological polar surface area (TPSA) is 49.4 Å². The van der Waals surface area contributed by atoms with E-state index in [9.17, 15) is 9.59 Å². The van der Waals surface area contributed by atoms with Crippen LogP contribution >= 0.6 is 23.2 Å². The van der Waals surface area contributed by atoms with Crippen LogP contribution in [0.2, 0.25) is 10.0 Å². The molecule has 0 spiro atoms. The van der Waals surface area contributed by atoms with Crippen LogP contribution in [0.25, 0.3) is 0 Å². The molecule has 2 aromatic rings. The molecule has 1 aliphatic heterocycles. The van der Waals surface area contributed by atoms with Crippen molar-refractivity contribution in [2.24, 2.45) is 0 Å². The van der Waals surface area contributed by atoms with Crippen LogP contribution in [0.3, 0.4) is 0 Å². The first-order chi connectivity index (χ1) is 14.5. The number of ketones is 1. The monoisotopic (exact) mass is 442 g/mol. The zero-order valence-corrected chi connectivity index (χ0v) is 18.4. The molecule has 0 saturated carbocycles. The molecule has 1 aliphatic carbocycles. The van der Waals surface area contributed by atoms with Crippen molar-refractivity contribution in [2.45, 2.75) is 51.5 Å². The molecule has 0 radical (unpaired) electrons. The molecule has 2 aromatic carbocycles. The maximum atomic E-state index is 13.5. The Balaban J connectivity index is 2.01. The van der Waals surface area contributed by atoms with Gasteiger partial charge in [0.1, 0.15) is 0 Å². The number of amides is 1. The highest BCUT2D eigenvalue weighted by Gasteiger charge is 2.40. The number of carbonyl (C=O) groups excluding carboxylic acids is 2. The van der Waals surface area contributed by atoms with Crippen molar-refractivity contribution in [2.75, 3.05) is 10.2 Å². The van der Waals surface area contributed by atoms with Crippen LogP contribution in [0.1, 0.15) is 57.1 Å². The van der Waals surface area contributed by atoms with E-state index in [1.165, 1.54) is 0 Å². The van der Waals surface area contributed by atoms with Crippen LogP contribution < -0.4 is 10.2 Å². The Hall–Kier alpha value is -2.30. The Bertz CT molecular complexity index is 1010. The molecule has 1 N–H and O–H groups in total. The first kappa shape index (κ1) is 21.0. The predicted octanol–water partition coefficient (Wildman–Crippen LogP) is 6.69. The van der Waals surface area contributed by atoms with Crippen molar-refractivity contribution in [1.82, 2.24) is 0 Å². The molecule has 30 heavy (non-hydrogen) atoms. The van der Waals surface area contributed by atoms with Crippen molar-refractivity contribution < 1.29 is 9.59 Å². The van der Waals surface area contributed by atoms with E-state index < -0.39 is 6.04 Å². The smallest absolute Gasteiger partial charge is 0.227 e. The Morgan fingerprint density at radius 3 is 2.57 bits per heavy atom. The maximum absolute atomic E-state index is 13.5. The van der Waals surface area contributed by atoms with Crippen LogP contribution in [-0.4, -0.2) is 11.7 Å². The molecule has 156 valence electrons. The molecule has 2 aliphatic rings. The van der Waals surface area contributed by atoms with Crippen molar-refractivity contribution in [3.05, 3.63) is 69.3 Å². The van der Waals surface area contributed by atoms with Crippen LogP contribution in [-0.2, 0) is 9.59 Å². The summed E-state index contributed by atoms with van der Waals surface area (Å²) in [5.74, 6) is -0.00922. The normalized spacial score (nSPS) is 18.4. The number of benzene rings is 2. The zero-order valence-electron chi connectivity index (χ0n) is 16.9. The van der Waals surface area contributed by atoms with E-state index in [-0.39, 0.29) is 11.7 Å². The fraction of sp³-hybridized carbons (Fsp3) is 0.333. The third-order valence-electron chi connectivity index (χ3n) is 5.72. The van der Waals surface area contributed by atoms with Crippen LogP contribution in [0.15, 0.2) is 53.7 Å². The highest BCUT2D eigenvalue weighted by atomic mass is 35.5. The van der Waals surface area contributed by atoms with E-state index in [4.69, 9.17) is 23.2 Å². The number of Topliss-reactive ketones (excluding diaryl/α,β-unsaturated/α-hetero) is 1. The van der Waals surface area contributed by atoms with Crippen LogP contribution in [0, 0.1) is 0 Å². The second kappa shape index (κ2) is 8.83. The summed E-state index contributed by atoms with van der Waals surface area (Å²) in [4.78, 5) is 28.5. The van der Waals surface area contributed by atoms with E-state index in [1.807, 2.05) is 24.3 Å². The number of hydrogen-bond acceptors (Lipinski definition) is 3. The number of anilines is 2. The van der Waals surface area contributed by atoms with Crippen LogP contribution in [0.4, 0.5) is 11.4 Å². The van der Waals surface area contributed by atoms with E-state index in [0.29, 0.717) is 34.0 Å². The molecule has 4 nitrogen and oxygen atoms in total. The van der Waals surface area contributed by atoms with Crippen LogP contribution in [0.5, 0.6) is 0 Å². The minimum atomic E-state index is -0.658. The van der Waals surface area contributed by atoms with Gasteiger partial charge in [-0.3, -0.25) is 14.5 Å². The van der Waals surface area contributed by atoms with Gasteiger partial charge >= 0.3 is 0 Å². The Kier molecular flexibility index (Phi) is 6.16. The van der Waals surface area contributed by atoms with Crippen molar-refractivity contribution >= 4 is 46.3 Å². The first-order valence-corrected chi connectivity index (χ1v) is 11.2. The third kappa shape index (κ3) is 3.75. The number of unbranched alkanes of at least 4 members (excludes halogenated alkanes) is 1. The SMILES string of the molecule is CCCCC(=O)N1c2ccccc2NC2=C(C(=O)CCC2)C1c1c(Cl)cccc1Cl. The van der Waals surface area contributed by atoms with Gasteiger partial charge in [0.05, 0.1) is 17.4 Å². The number of halogens is 2. The van der Waals surface area contributed by atoms with Gasteiger partial charge in [0.2, 0.25) is 5.91 Å². The summed E-state index contributed by atoms with van der Waals surface area (Å²) in [6.45, 7) is 2.05. The number of hydrogen-bond donors (Lipinski definition) is 1. The number of nitrogens with one attached hydrogen (secondary N) is 1. The van der Waals surface area contributed by atoms with Crippen molar-refractivity contribution in [3.63, 3.8) is 0 Å². The fourth-order valence-electron chi connectivity index (χ4n) is 4.30. The summed E-state index contributed by atoms with van der Waals surface area (Å²) in [6, 6.07) is 12.3. The standard InChI is InChI=1S/C24H24Cl2N2O2/c1-2-3-14-21(30)28-19-12-5-4-10-17(19)27-18-11-7-13-20(29)23(18)24(28)22-15(25)8-6-9-16(22)26/h4-6,8-10,12,24,27H,2-3,7,11,13-14H2,1H3. The lowest BCUT2D eigenvalue weighted by Crippen LogP contribution is -2.38. The molecule has 0 fully saturated rings. The summed E-state index contributed by atoms with van der Waals surface area (Å²) in [5, 5.41) is 4.35. The molecule has 0 saturated heterocycles. The maximum Gasteiger partial charge on any atom is 0.227 e. The fourth-order valence-corrected chi connectivity index (χ4v) is 4.91. The zero-order chi connectivity index (χ0) is 21.3. The Labute approximate surface area is 186 Å². The molecule has 1 atom stereocenters. The second-order valence-corrected chi connectivity index (χ2v) is 8.53. The van der Waals surface area contributed by atoms with Gasteiger partial charge in [0.25, 0.3) is 0 Å².